The molecular weight excluding hydrogens is 294 g/mol. The molecule has 1 amide bonds. The lowest BCUT2D eigenvalue weighted by Crippen LogP contribution is -2.57. The normalized spacial score (nSPS) is 15.6. The fourth-order valence-electron chi connectivity index (χ4n) is 2.59. The topological polar surface area (TPSA) is 56.6 Å². The van der Waals surface area contributed by atoms with Crippen molar-refractivity contribution in [2.45, 2.75) is 39.4 Å². The number of fused-ring (bicyclic) bond motifs is 1. The molecule has 1 fully saturated rings. The number of ether oxygens (including phenoxy) is 2. The molecule has 1 aromatic heterocycles. The SMILES string of the molecule is Cc1ccc(OC2CN(C(=O)OC(C)(C)C)C2)c2nn(C)cc12. The summed E-state index contributed by atoms with van der Waals surface area (Å²) in [5.74, 6) is 0.764. The number of hydrogen-bond donors (Lipinski definition) is 0. The van der Waals surface area contributed by atoms with Gasteiger partial charge in [-0.15, -0.1) is 0 Å². The van der Waals surface area contributed by atoms with Crippen molar-refractivity contribution >= 4 is 17.0 Å². The van der Waals surface area contributed by atoms with Crippen LogP contribution in [0.5, 0.6) is 5.75 Å². The Hall–Kier alpha value is -2.24. The summed E-state index contributed by atoms with van der Waals surface area (Å²) in [6.07, 6.45) is 1.69. The third-order valence-electron chi connectivity index (χ3n) is 3.77. The van der Waals surface area contributed by atoms with Crippen LogP contribution in [0, 0.1) is 6.92 Å². The Morgan fingerprint density at radius 3 is 2.65 bits per heavy atom. The summed E-state index contributed by atoms with van der Waals surface area (Å²) in [6.45, 7) is 8.73. The van der Waals surface area contributed by atoms with Crippen molar-refractivity contribution in [1.82, 2.24) is 14.7 Å². The van der Waals surface area contributed by atoms with Crippen molar-refractivity contribution in [3.8, 4) is 5.75 Å². The summed E-state index contributed by atoms with van der Waals surface area (Å²) < 4.78 is 13.2. The second-order valence-corrected chi connectivity index (χ2v) is 7.07. The lowest BCUT2D eigenvalue weighted by molar-refractivity contribution is -0.0218. The summed E-state index contributed by atoms with van der Waals surface area (Å²) in [5.41, 5.74) is 1.56. The van der Waals surface area contributed by atoms with Gasteiger partial charge in [-0.1, -0.05) is 6.07 Å². The van der Waals surface area contributed by atoms with Crippen molar-refractivity contribution < 1.29 is 14.3 Å². The van der Waals surface area contributed by atoms with Gasteiger partial charge >= 0.3 is 6.09 Å². The highest BCUT2D eigenvalue weighted by Crippen LogP contribution is 2.29. The van der Waals surface area contributed by atoms with Gasteiger partial charge in [0.25, 0.3) is 0 Å². The van der Waals surface area contributed by atoms with Crippen LogP contribution in [-0.2, 0) is 11.8 Å². The summed E-state index contributed by atoms with van der Waals surface area (Å²) >= 11 is 0. The maximum absolute atomic E-state index is 11.9. The lowest BCUT2D eigenvalue weighted by Gasteiger charge is -2.39. The molecule has 23 heavy (non-hydrogen) atoms. The molecular formula is C17H23N3O3. The molecule has 0 saturated carbocycles. The quantitative estimate of drug-likeness (QED) is 0.854. The van der Waals surface area contributed by atoms with Gasteiger partial charge in [-0.2, -0.15) is 5.10 Å². The number of amides is 1. The van der Waals surface area contributed by atoms with Crippen molar-refractivity contribution in [3.63, 3.8) is 0 Å². The Bertz CT molecular complexity index is 739. The minimum absolute atomic E-state index is 0.0181. The second kappa shape index (κ2) is 5.44. The van der Waals surface area contributed by atoms with Gasteiger partial charge < -0.3 is 14.4 Å². The van der Waals surface area contributed by atoms with Crippen LogP contribution in [-0.4, -0.2) is 45.6 Å². The molecule has 0 spiro atoms. The van der Waals surface area contributed by atoms with E-state index >= 15 is 0 Å². The van der Waals surface area contributed by atoms with Crippen LogP contribution in [0.4, 0.5) is 4.79 Å². The minimum atomic E-state index is -0.472. The van der Waals surface area contributed by atoms with Gasteiger partial charge in [0.05, 0.1) is 13.1 Å². The monoisotopic (exact) mass is 317 g/mol. The molecule has 1 saturated heterocycles. The van der Waals surface area contributed by atoms with E-state index in [9.17, 15) is 4.79 Å². The van der Waals surface area contributed by atoms with Gasteiger partial charge in [-0.05, 0) is 39.3 Å². The van der Waals surface area contributed by atoms with Gasteiger partial charge in [0.2, 0.25) is 0 Å². The fraction of sp³-hybridized carbons (Fsp3) is 0.529. The second-order valence-electron chi connectivity index (χ2n) is 7.07. The standard InChI is InChI=1S/C17H23N3O3/c1-11-6-7-14(15-13(11)10-19(5)18-15)22-12-8-20(9-12)16(21)23-17(2,3)4/h6-7,10,12H,8-9H2,1-5H3. The molecule has 0 unspecified atom stereocenters. The van der Waals surface area contributed by atoms with E-state index in [1.54, 1.807) is 9.58 Å². The Labute approximate surface area is 136 Å². The molecule has 0 radical (unpaired) electrons. The first-order valence-electron chi connectivity index (χ1n) is 7.80. The number of carbonyl (C=O) groups is 1. The molecule has 1 aromatic carbocycles. The van der Waals surface area contributed by atoms with E-state index in [-0.39, 0.29) is 12.2 Å². The summed E-state index contributed by atoms with van der Waals surface area (Å²) in [6, 6.07) is 3.98. The average molecular weight is 317 g/mol. The molecule has 0 N–H and O–H groups in total. The van der Waals surface area contributed by atoms with Crippen LogP contribution in [0.3, 0.4) is 0 Å². The maximum Gasteiger partial charge on any atom is 0.410 e. The average Bonchev–Trinajstić information content (AvgIpc) is 2.76. The Balaban J connectivity index is 1.65. The number of rotatable bonds is 2. The van der Waals surface area contributed by atoms with Gasteiger partial charge in [0.15, 0.2) is 0 Å². The first-order chi connectivity index (χ1) is 10.7. The number of likely N-dealkylation sites (tertiary alicyclic amines) is 1. The number of aryl methyl sites for hydroxylation is 2. The Kier molecular flexibility index (Phi) is 3.70. The van der Waals surface area contributed by atoms with Gasteiger partial charge in [-0.3, -0.25) is 4.68 Å². The first-order valence-corrected chi connectivity index (χ1v) is 7.80. The molecule has 6 heteroatoms. The molecule has 2 heterocycles. The van der Waals surface area contributed by atoms with E-state index in [0.717, 1.165) is 16.7 Å². The largest absolute Gasteiger partial charge is 0.484 e. The number of hydrogen-bond acceptors (Lipinski definition) is 4. The molecule has 1 aliphatic rings. The highest BCUT2D eigenvalue weighted by Gasteiger charge is 2.35. The fourth-order valence-corrected chi connectivity index (χ4v) is 2.59. The minimum Gasteiger partial charge on any atom is -0.484 e. The zero-order valence-electron chi connectivity index (χ0n) is 14.3. The van der Waals surface area contributed by atoms with Crippen molar-refractivity contribution in [1.29, 1.82) is 0 Å². The smallest absolute Gasteiger partial charge is 0.410 e. The molecule has 2 aromatic rings. The van der Waals surface area contributed by atoms with Crippen LogP contribution < -0.4 is 4.74 Å². The maximum atomic E-state index is 11.9. The predicted molar refractivity (Wildman–Crippen MR) is 87.7 cm³/mol. The van der Waals surface area contributed by atoms with Gasteiger partial charge in [0.1, 0.15) is 23.0 Å². The summed E-state index contributed by atoms with van der Waals surface area (Å²) in [7, 11) is 1.90. The molecule has 0 aliphatic carbocycles. The van der Waals surface area contributed by atoms with Crippen molar-refractivity contribution in [3.05, 3.63) is 23.9 Å². The molecule has 0 atom stereocenters. The predicted octanol–water partition coefficient (Wildman–Crippen LogP) is 2.88. The number of carbonyl (C=O) groups excluding carboxylic acids is 1. The zero-order valence-corrected chi connectivity index (χ0v) is 14.3. The first kappa shape index (κ1) is 15.6. The lowest BCUT2D eigenvalue weighted by atomic mass is 10.1. The van der Waals surface area contributed by atoms with E-state index in [1.807, 2.05) is 46.1 Å². The third kappa shape index (κ3) is 3.25. The van der Waals surface area contributed by atoms with Gasteiger partial charge in [0, 0.05) is 18.6 Å². The molecule has 124 valence electrons. The summed E-state index contributed by atoms with van der Waals surface area (Å²) in [4.78, 5) is 13.6. The summed E-state index contributed by atoms with van der Waals surface area (Å²) in [5, 5.41) is 5.57. The Morgan fingerprint density at radius 2 is 2.00 bits per heavy atom. The zero-order chi connectivity index (χ0) is 16.8. The van der Waals surface area contributed by atoms with Crippen molar-refractivity contribution in [2.24, 2.45) is 7.05 Å². The highest BCUT2D eigenvalue weighted by atomic mass is 16.6. The number of benzene rings is 1. The van der Waals surface area contributed by atoms with Crippen molar-refractivity contribution in [2.75, 3.05) is 13.1 Å². The molecule has 3 rings (SSSR count). The van der Waals surface area contributed by atoms with E-state index in [1.165, 1.54) is 5.56 Å². The van der Waals surface area contributed by atoms with E-state index in [0.29, 0.717) is 13.1 Å². The highest BCUT2D eigenvalue weighted by molar-refractivity contribution is 5.87. The van der Waals surface area contributed by atoms with E-state index in [4.69, 9.17) is 9.47 Å². The van der Waals surface area contributed by atoms with Crippen LogP contribution in [0.2, 0.25) is 0 Å². The molecule has 0 bridgehead atoms. The van der Waals surface area contributed by atoms with Gasteiger partial charge in [-0.25, -0.2) is 4.79 Å². The Morgan fingerprint density at radius 1 is 1.30 bits per heavy atom. The van der Waals surface area contributed by atoms with E-state index in [2.05, 4.69) is 12.0 Å². The van der Waals surface area contributed by atoms with E-state index < -0.39 is 5.60 Å². The van der Waals surface area contributed by atoms with Crippen LogP contribution in [0.25, 0.3) is 10.9 Å². The molecule has 6 nitrogen and oxygen atoms in total. The molecule has 1 aliphatic heterocycles. The number of aromatic nitrogens is 2. The third-order valence-corrected chi connectivity index (χ3v) is 3.77. The van der Waals surface area contributed by atoms with Crippen LogP contribution >= 0.6 is 0 Å². The van der Waals surface area contributed by atoms with Crippen LogP contribution in [0.1, 0.15) is 26.3 Å². The van der Waals surface area contributed by atoms with Crippen LogP contribution in [0.15, 0.2) is 18.3 Å². The number of nitrogens with zero attached hydrogens (tertiary/aromatic N) is 3.